The highest BCUT2D eigenvalue weighted by Gasteiger charge is 2.08. The second-order valence-electron chi connectivity index (χ2n) is 4.35. The number of nitrogen functional groups attached to an aromatic ring is 1. The fourth-order valence-electron chi connectivity index (χ4n) is 1.87. The quantitative estimate of drug-likeness (QED) is 0.757. The molecule has 3 heteroatoms. The minimum atomic E-state index is 0.360. The number of hydrogen-bond donors (Lipinski definition) is 2. The molecule has 1 aromatic heterocycles. The van der Waals surface area contributed by atoms with Gasteiger partial charge in [-0.15, -0.1) is 0 Å². The maximum atomic E-state index is 5.97. The first-order valence-electron chi connectivity index (χ1n) is 5.50. The van der Waals surface area contributed by atoms with E-state index < -0.39 is 0 Å². The molecule has 2 rings (SSSR count). The minimum Gasteiger partial charge on any atom is -0.398 e. The van der Waals surface area contributed by atoms with Crippen LogP contribution in [0.15, 0.2) is 24.4 Å². The molecule has 0 bridgehead atoms. The monoisotopic (exact) mass is 215 g/mol. The largest absolute Gasteiger partial charge is 0.398 e. The zero-order valence-corrected chi connectivity index (χ0v) is 9.91. The van der Waals surface area contributed by atoms with Crippen LogP contribution < -0.4 is 11.1 Å². The Morgan fingerprint density at radius 1 is 1.25 bits per heavy atom. The predicted molar refractivity (Wildman–Crippen MR) is 69.7 cm³/mol. The Kier molecular flexibility index (Phi) is 2.69. The van der Waals surface area contributed by atoms with E-state index in [1.165, 1.54) is 5.56 Å². The summed E-state index contributed by atoms with van der Waals surface area (Å²) >= 11 is 0. The molecule has 84 valence electrons. The van der Waals surface area contributed by atoms with Crippen molar-refractivity contribution in [1.29, 1.82) is 0 Å². The summed E-state index contributed by atoms with van der Waals surface area (Å²) in [4.78, 5) is 4.38. The van der Waals surface area contributed by atoms with Crippen molar-refractivity contribution in [1.82, 2.24) is 4.98 Å². The second kappa shape index (κ2) is 4.00. The molecule has 0 spiro atoms. The summed E-state index contributed by atoms with van der Waals surface area (Å²) < 4.78 is 0. The Balaban J connectivity index is 2.71. The fraction of sp³-hybridized carbons (Fsp3) is 0.308. The van der Waals surface area contributed by atoms with Gasteiger partial charge in [0.2, 0.25) is 0 Å². The molecule has 3 N–H and O–H groups in total. The maximum absolute atomic E-state index is 5.97. The van der Waals surface area contributed by atoms with Gasteiger partial charge in [-0.25, -0.2) is 4.98 Å². The van der Waals surface area contributed by atoms with Gasteiger partial charge in [-0.3, -0.25) is 0 Å². The molecule has 0 saturated carbocycles. The SMILES string of the molecule is Cc1ccc(N)c2ccnc(NC(C)C)c12. The number of nitrogens with one attached hydrogen (secondary N) is 1. The van der Waals surface area contributed by atoms with Crippen LogP contribution in [-0.2, 0) is 0 Å². The van der Waals surface area contributed by atoms with Gasteiger partial charge < -0.3 is 11.1 Å². The highest BCUT2D eigenvalue weighted by Crippen LogP contribution is 2.29. The number of pyridine rings is 1. The van der Waals surface area contributed by atoms with Gasteiger partial charge in [0, 0.05) is 28.7 Å². The van der Waals surface area contributed by atoms with Crippen molar-refractivity contribution in [3.05, 3.63) is 30.0 Å². The summed E-state index contributed by atoms with van der Waals surface area (Å²) in [6, 6.07) is 6.30. The fourth-order valence-corrected chi connectivity index (χ4v) is 1.87. The van der Waals surface area contributed by atoms with Gasteiger partial charge in [0.15, 0.2) is 0 Å². The smallest absolute Gasteiger partial charge is 0.134 e. The molecule has 16 heavy (non-hydrogen) atoms. The lowest BCUT2D eigenvalue weighted by Crippen LogP contribution is -2.11. The first-order valence-corrected chi connectivity index (χ1v) is 5.50. The van der Waals surface area contributed by atoms with Crippen LogP contribution in [0.1, 0.15) is 19.4 Å². The molecule has 3 nitrogen and oxygen atoms in total. The Hall–Kier alpha value is -1.77. The van der Waals surface area contributed by atoms with Crippen LogP contribution in [0.2, 0.25) is 0 Å². The van der Waals surface area contributed by atoms with Gasteiger partial charge in [-0.05, 0) is 38.5 Å². The van der Waals surface area contributed by atoms with Crippen LogP contribution in [0.5, 0.6) is 0 Å². The zero-order chi connectivity index (χ0) is 11.7. The highest BCUT2D eigenvalue weighted by atomic mass is 15.0. The molecule has 0 atom stereocenters. The lowest BCUT2D eigenvalue weighted by molar-refractivity contribution is 0.892. The predicted octanol–water partition coefficient (Wildman–Crippen LogP) is 2.95. The lowest BCUT2D eigenvalue weighted by atomic mass is 10.1. The third-order valence-corrected chi connectivity index (χ3v) is 2.59. The van der Waals surface area contributed by atoms with Gasteiger partial charge in [0.1, 0.15) is 5.82 Å². The number of aryl methyl sites for hydroxylation is 1. The van der Waals surface area contributed by atoms with E-state index in [1.807, 2.05) is 18.2 Å². The van der Waals surface area contributed by atoms with E-state index in [2.05, 4.69) is 31.1 Å². The minimum absolute atomic E-state index is 0.360. The zero-order valence-electron chi connectivity index (χ0n) is 9.91. The van der Waals surface area contributed by atoms with E-state index in [-0.39, 0.29) is 0 Å². The van der Waals surface area contributed by atoms with Crippen LogP contribution in [0.4, 0.5) is 11.5 Å². The molecule has 0 amide bonds. The molecule has 0 fully saturated rings. The molecule has 2 aromatic rings. The van der Waals surface area contributed by atoms with Gasteiger partial charge in [-0.2, -0.15) is 0 Å². The van der Waals surface area contributed by atoms with E-state index in [9.17, 15) is 0 Å². The first-order chi connectivity index (χ1) is 7.59. The second-order valence-corrected chi connectivity index (χ2v) is 4.35. The van der Waals surface area contributed by atoms with Crippen molar-refractivity contribution in [2.45, 2.75) is 26.8 Å². The Morgan fingerprint density at radius 2 is 2.00 bits per heavy atom. The van der Waals surface area contributed by atoms with E-state index in [0.717, 1.165) is 22.3 Å². The molecule has 1 aromatic carbocycles. The molecule has 1 heterocycles. The van der Waals surface area contributed by atoms with Gasteiger partial charge in [0.25, 0.3) is 0 Å². The third-order valence-electron chi connectivity index (χ3n) is 2.59. The van der Waals surface area contributed by atoms with Crippen molar-refractivity contribution in [3.63, 3.8) is 0 Å². The normalized spacial score (nSPS) is 11.0. The number of fused-ring (bicyclic) bond motifs is 1. The summed E-state index contributed by atoms with van der Waals surface area (Å²) in [5.74, 6) is 0.914. The summed E-state index contributed by atoms with van der Waals surface area (Å²) in [5, 5.41) is 5.54. The molecule has 0 aliphatic heterocycles. The standard InChI is InChI=1S/C13H17N3/c1-8(2)16-13-12-9(3)4-5-11(14)10(12)6-7-15-13/h4-8H,14H2,1-3H3,(H,15,16). The van der Waals surface area contributed by atoms with Crippen LogP contribution in [0.3, 0.4) is 0 Å². The van der Waals surface area contributed by atoms with Crippen molar-refractivity contribution < 1.29 is 0 Å². The molecule has 0 unspecified atom stereocenters. The first kappa shape index (κ1) is 10.7. The molecule has 0 radical (unpaired) electrons. The lowest BCUT2D eigenvalue weighted by Gasteiger charge is -2.14. The van der Waals surface area contributed by atoms with Gasteiger partial charge in [-0.1, -0.05) is 6.07 Å². The van der Waals surface area contributed by atoms with Crippen LogP contribution in [0, 0.1) is 6.92 Å². The van der Waals surface area contributed by atoms with E-state index in [0.29, 0.717) is 6.04 Å². The Bertz CT molecular complexity index is 518. The Labute approximate surface area is 95.7 Å². The summed E-state index contributed by atoms with van der Waals surface area (Å²) in [7, 11) is 0. The number of anilines is 2. The summed E-state index contributed by atoms with van der Waals surface area (Å²) in [6.45, 7) is 6.28. The number of rotatable bonds is 2. The summed E-state index contributed by atoms with van der Waals surface area (Å²) in [5.41, 5.74) is 7.96. The highest BCUT2D eigenvalue weighted by molar-refractivity contribution is 6.01. The van der Waals surface area contributed by atoms with E-state index >= 15 is 0 Å². The molecule has 0 aliphatic carbocycles. The average molecular weight is 215 g/mol. The number of nitrogens with zero attached hydrogens (tertiary/aromatic N) is 1. The number of nitrogens with two attached hydrogens (primary N) is 1. The topological polar surface area (TPSA) is 50.9 Å². The average Bonchev–Trinajstić information content (AvgIpc) is 2.23. The van der Waals surface area contributed by atoms with Crippen molar-refractivity contribution >= 4 is 22.3 Å². The van der Waals surface area contributed by atoms with Crippen molar-refractivity contribution in [2.75, 3.05) is 11.1 Å². The van der Waals surface area contributed by atoms with E-state index in [1.54, 1.807) is 6.20 Å². The van der Waals surface area contributed by atoms with Crippen LogP contribution >= 0.6 is 0 Å². The van der Waals surface area contributed by atoms with Crippen molar-refractivity contribution in [2.24, 2.45) is 0 Å². The van der Waals surface area contributed by atoms with Crippen LogP contribution in [-0.4, -0.2) is 11.0 Å². The number of aromatic nitrogens is 1. The number of benzene rings is 1. The maximum Gasteiger partial charge on any atom is 0.134 e. The molecular weight excluding hydrogens is 198 g/mol. The molecule has 0 saturated heterocycles. The third kappa shape index (κ3) is 1.81. The Morgan fingerprint density at radius 3 is 2.69 bits per heavy atom. The van der Waals surface area contributed by atoms with Crippen LogP contribution in [0.25, 0.3) is 10.8 Å². The van der Waals surface area contributed by atoms with Crippen molar-refractivity contribution in [3.8, 4) is 0 Å². The van der Waals surface area contributed by atoms with Gasteiger partial charge in [0.05, 0.1) is 0 Å². The van der Waals surface area contributed by atoms with Gasteiger partial charge >= 0.3 is 0 Å². The summed E-state index contributed by atoms with van der Waals surface area (Å²) in [6.07, 6.45) is 1.79. The number of hydrogen-bond acceptors (Lipinski definition) is 3. The molecular formula is C13H17N3. The van der Waals surface area contributed by atoms with E-state index in [4.69, 9.17) is 5.73 Å². The molecule has 0 aliphatic rings.